The molecular weight excluding hydrogens is 639 g/mol. The smallest absolute Gasteiger partial charge is 0.135 e. The van der Waals surface area contributed by atoms with E-state index in [1.54, 1.807) is 0 Å². The van der Waals surface area contributed by atoms with Crippen LogP contribution in [0.3, 0.4) is 0 Å². The Bertz CT molecular complexity index is 3140. The van der Waals surface area contributed by atoms with Gasteiger partial charge < -0.3 is 9.32 Å². The molecule has 0 amide bonds. The molecule has 3 heteroatoms. The minimum Gasteiger partial charge on any atom is -0.456 e. The highest BCUT2D eigenvalue weighted by atomic mass is 32.1. The van der Waals surface area contributed by atoms with Gasteiger partial charge in [0.15, 0.2) is 0 Å². The van der Waals surface area contributed by atoms with E-state index in [0.29, 0.717) is 0 Å². The lowest BCUT2D eigenvalue weighted by Crippen LogP contribution is -2.09. The number of nitrogens with zero attached hydrogens (tertiary/aromatic N) is 1. The molecule has 0 unspecified atom stereocenters. The predicted octanol–water partition coefficient (Wildman–Crippen LogP) is 14.6. The molecule has 11 rings (SSSR count). The van der Waals surface area contributed by atoms with Crippen LogP contribution in [0, 0.1) is 0 Å². The summed E-state index contributed by atoms with van der Waals surface area (Å²) in [5.41, 5.74) is 7.51. The van der Waals surface area contributed by atoms with Gasteiger partial charge in [-0.1, -0.05) is 115 Å². The fourth-order valence-corrected chi connectivity index (χ4v) is 9.10. The molecular formula is C48H29NOS. The van der Waals surface area contributed by atoms with E-state index in [0.717, 1.165) is 39.0 Å². The quantitative estimate of drug-likeness (QED) is 0.174. The van der Waals surface area contributed by atoms with Crippen LogP contribution < -0.4 is 4.90 Å². The Hall–Kier alpha value is -6.42. The minimum absolute atomic E-state index is 0.895. The monoisotopic (exact) mass is 667 g/mol. The molecule has 2 nitrogen and oxygen atoms in total. The highest BCUT2D eigenvalue weighted by Crippen LogP contribution is 2.43. The van der Waals surface area contributed by atoms with Crippen molar-refractivity contribution in [2.75, 3.05) is 4.90 Å². The van der Waals surface area contributed by atoms with Crippen molar-refractivity contribution >= 4 is 103 Å². The van der Waals surface area contributed by atoms with E-state index in [1.165, 1.54) is 63.6 Å². The average molecular weight is 668 g/mol. The van der Waals surface area contributed by atoms with Crippen molar-refractivity contribution in [3.8, 4) is 11.1 Å². The number of benzene rings is 9. The van der Waals surface area contributed by atoms with Gasteiger partial charge in [-0.3, -0.25) is 0 Å². The molecule has 0 spiro atoms. The van der Waals surface area contributed by atoms with Crippen LogP contribution >= 0.6 is 11.3 Å². The highest BCUT2D eigenvalue weighted by Gasteiger charge is 2.17. The van der Waals surface area contributed by atoms with Gasteiger partial charge in [-0.05, 0) is 104 Å². The van der Waals surface area contributed by atoms with Gasteiger partial charge in [-0.2, -0.15) is 0 Å². The normalized spacial score (nSPS) is 11.9. The zero-order chi connectivity index (χ0) is 33.5. The molecule has 0 atom stereocenters. The van der Waals surface area contributed by atoms with E-state index < -0.39 is 0 Å². The number of thiophene rings is 1. The fourth-order valence-electron chi connectivity index (χ4n) is 7.96. The van der Waals surface area contributed by atoms with Gasteiger partial charge in [-0.15, -0.1) is 11.3 Å². The summed E-state index contributed by atoms with van der Waals surface area (Å²) >= 11 is 1.85. The Morgan fingerprint density at radius 2 is 0.961 bits per heavy atom. The summed E-state index contributed by atoms with van der Waals surface area (Å²) in [6.45, 7) is 0. The molecule has 0 radical (unpaired) electrons. The third-order valence-corrected chi connectivity index (χ3v) is 11.6. The van der Waals surface area contributed by atoms with Crippen molar-refractivity contribution in [3.05, 3.63) is 176 Å². The van der Waals surface area contributed by atoms with Gasteiger partial charge in [-0.25, -0.2) is 0 Å². The Labute approximate surface area is 298 Å². The lowest BCUT2D eigenvalue weighted by molar-refractivity contribution is 0.669. The van der Waals surface area contributed by atoms with Crippen molar-refractivity contribution in [2.45, 2.75) is 0 Å². The van der Waals surface area contributed by atoms with Crippen LogP contribution in [0.2, 0.25) is 0 Å². The third-order valence-electron chi connectivity index (χ3n) is 10.4. The second kappa shape index (κ2) is 11.0. The number of furan rings is 1. The van der Waals surface area contributed by atoms with Crippen LogP contribution in [0.1, 0.15) is 0 Å². The molecule has 9 aromatic carbocycles. The van der Waals surface area contributed by atoms with E-state index >= 15 is 0 Å². The van der Waals surface area contributed by atoms with Gasteiger partial charge in [0.05, 0.1) is 0 Å². The summed E-state index contributed by atoms with van der Waals surface area (Å²) in [4.78, 5) is 2.37. The lowest BCUT2D eigenvalue weighted by Gasteiger charge is -2.26. The topological polar surface area (TPSA) is 16.4 Å². The van der Waals surface area contributed by atoms with E-state index in [2.05, 4.69) is 169 Å². The Morgan fingerprint density at radius 3 is 1.84 bits per heavy atom. The van der Waals surface area contributed by atoms with E-state index in [4.69, 9.17) is 4.42 Å². The molecule has 238 valence electrons. The molecule has 0 bridgehead atoms. The fraction of sp³-hybridized carbons (Fsp3) is 0. The first kappa shape index (κ1) is 28.4. The molecule has 0 saturated heterocycles. The highest BCUT2D eigenvalue weighted by molar-refractivity contribution is 7.25. The molecule has 0 fully saturated rings. The van der Waals surface area contributed by atoms with Crippen molar-refractivity contribution in [3.63, 3.8) is 0 Å². The molecule has 0 aliphatic heterocycles. The van der Waals surface area contributed by atoms with Crippen LogP contribution in [0.5, 0.6) is 0 Å². The van der Waals surface area contributed by atoms with Crippen molar-refractivity contribution in [1.82, 2.24) is 0 Å². The van der Waals surface area contributed by atoms with Crippen molar-refractivity contribution in [1.29, 1.82) is 0 Å². The van der Waals surface area contributed by atoms with Gasteiger partial charge in [0.25, 0.3) is 0 Å². The zero-order valence-electron chi connectivity index (χ0n) is 27.5. The standard InChI is InChI=1S/C48H29NOS/c1-2-8-38-31(7-1)13-16-33-17-14-32-15-18-34(27-42(32)48(33)38)30-19-21-35(22-20-30)49(36-24-26-45-43(28-36)39-9-3-5-11-44(39)50-45)37-23-25-41-40-10-4-6-12-46(40)51-47(41)29-37/h1-29H. The van der Waals surface area contributed by atoms with Crippen LogP contribution in [0.25, 0.3) is 85.6 Å². The van der Waals surface area contributed by atoms with Crippen LogP contribution in [-0.4, -0.2) is 0 Å². The molecule has 2 aromatic heterocycles. The largest absolute Gasteiger partial charge is 0.456 e. The van der Waals surface area contributed by atoms with E-state index in [-0.39, 0.29) is 0 Å². The number of rotatable bonds is 4. The molecule has 0 N–H and O–H groups in total. The second-order valence-corrected chi connectivity index (χ2v) is 14.4. The van der Waals surface area contributed by atoms with Gasteiger partial charge in [0, 0.05) is 48.0 Å². The van der Waals surface area contributed by atoms with Gasteiger partial charge in [0.1, 0.15) is 11.2 Å². The summed E-state index contributed by atoms with van der Waals surface area (Å²) in [6, 6.07) is 63.9. The average Bonchev–Trinajstić information content (AvgIpc) is 3.75. The van der Waals surface area contributed by atoms with Crippen LogP contribution in [-0.2, 0) is 0 Å². The first-order valence-corrected chi connectivity index (χ1v) is 18.1. The Kier molecular flexibility index (Phi) is 6.16. The molecule has 2 heterocycles. The first-order valence-electron chi connectivity index (χ1n) is 17.3. The SMILES string of the molecule is c1ccc2c(c1)ccc1ccc3ccc(-c4ccc(N(c5ccc6c(c5)sc5ccccc56)c5ccc6oc7ccccc7c6c5)cc4)cc3c12. The van der Waals surface area contributed by atoms with E-state index in [9.17, 15) is 0 Å². The van der Waals surface area contributed by atoms with Gasteiger partial charge >= 0.3 is 0 Å². The summed E-state index contributed by atoms with van der Waals surface area (Å²) in [6.07, 6.45) is 0. The predicted molar refractivity (Wildman–Crippen MR) is 219 cm³/mol. The third kappa shape index (κ3) is 4.49. The second-order valence-electron chi connectivity index (χ2n) is 13.3. The van der Waals surface area contributed by atoms with Crippen molar-refractivity contribution < 1.29 is 4.42 Å². The summed E-state index contributed by atoms with van der Waals surface area (Å²) < 4.78 is 8.81. The maximum absolute atomic E-state index is 6.22. The van der Waals surface area contributed by atoms with Crippen LogP contribution in [0.15, 0.2) is 180 Å². The molecule has 51 heavy (non-hydrogen) atoms. The number of para-hydroxylation sites is 1. The molecule has 0 aliphatic carbocycles. The molecule has 0 aliphatic rings. The number of hydrogen-bond donors (Lipinski definition) is 0. The van der Waals surface area contributed by atoms with Crippen molar-refractivity contribution in [2.24, 2.45) is 0 Å². The Balaban J connectivity index is 1.07. The van der Waals surface area contributed by atoms with Crippen LogP contribution in [0.4, 0.5) is 17.1 Å². The lowest BCUT2D eigenvalue weighted by atomic mass is 9.94. The summed E-state index contributed by atoms with van der Waals surface area (Å²) in [5, 5.41) is 12.5. The summed E-state index contributed by atoms with van der Waals surface area (Å²) in [5.74, 6) is 0. The van der Waals surface area contributed by atoms with Gasteiger partial charge in [0.2, 0.25) is 0 Å². The first-order chi connectivity index (χ1) is 25.2. The number of hydrogen-bond acceptors (Lipinski definition) is 3. The Morgan fingerprint density at radius 1 is 0.353 bits per heavy atom. The maximum Gasteiger partial charge on any atom is 0.135 e. The number of fused-ring (bicyclic) bond motifs is 11. The van der Waals surface area contributed by atoms with E-state index in [1.807, 2.05) is 23.5 Å². The zero-order valence-corrected chi connectivity index (χ0v) is 28.3. The molecule has 0 saturated carbocycles. The molecule has 11 aromatic rings. The minimum atomic E-state index is 0.895. The maximum atomic E-state index is 6.22. The summed E-state index contributed by atoms with van der Waals surface area (Å²) in [7, 11) is 0. The number of anilines is 3.